The molecule has 0 heterocycles. The average Bonchev–Trinajstić information content (AvgIpc) is 3.46. The van der Waals surface area contributed by atoms with Crippen LogP contribution >= 0.6 is 0 Å². The predicted molar refractivity (Wildman–Crippen MR) is 349 cm³/mol. The van der Waals surface area contributed by atoms with Crippen molar-refractivity contribution in [1.29, 1.82) is 0 Å². The van der Waals surface area contributed by atoms with Crippen LogP contribution in [0.5, 0.6) is 0 Å². The van der Waals surface area contributed by atoms with Crippen LogP contribution < -0.4 is 0 Å². The van der Waals surface area contributed by atoms with E-state index in [1.165, 1.54) is 263 Å². The Morgan fingerprint density at radius 1 is 0.263 bits per heavy atom. The van der Waals surface area contributed by atoms with Crippen LogP contribution in [0.2, 0.25) is 0 Å². The van der Waals surface area contributed by atoms with Crippen molar-refractivity contribution >= 4 is 17.9 Å². The summed E-state index contributed by atoms with van der Waals surface area (Å²) in [5.74, 6) is -0.834. The van der Waals surface area contributed by atoms with Crippen molar-refractivity contribution in [3.8, 4) is 0 Å². The van der Waals surface area contributed by atoms with Gasteiger partial charge in [-0.3, -0.25) is 14.4 Å². The summed E-state index contributed by atoms with van der Waals surface area (Å²) < 4.78 is 17.0. The lowest BCUT2D eigenvalue weighted by Gasteiger charge is -2.18. The van der Waals surface area contributed by atoms with Gasteiger partial charge in [0.1, 0.15) is 13.2 Å². The lowest BCUT2D eigenvalue weighted by Crippen LogP contribution is -2.30. The largest absolute Gasteiger partial charge is 0.462 e. The number of carbonyl (C=O) groups is 3. The summed E-state index contributed by atoms with van der Waals surface area (Å²) in [5, 5.41) is 0. The van der Waals surface area contributed by atoms with E-state index in [0.29, 0.717) is 19.3 Å². The Hall–Kier alpha value is -2.63. The van der Waals surface area contributed by atoms with Crippen molar-refractivity contribution in [3.05, 3.63) is 48.6 Å². The molecule has 0 saturated carbocycles. The number of hydrogen-bond acceptors (Lipinski definition) is 6. The Morgan fingerprint density at radius 3 is 0.762 bits per heavy atom. The van der Waals surface area contributed by atoms with E-state index in [4.69, 9.17) is 14.2 Å². The van der Waals surface area contributed by atoms with Gasteiger partial charge in [0.2, 0.25) is 0 Å². The third-order valence-corrected chi connectivity index (χ3v) is 16.1. The number of hydrogen-bond donors (Lipinski definition) is 0. The monoisotopic (exact) mass is 1120 g/mol. The number of ether oxygens (including phenoxy) is 3. The summed E-state index contributed by atoms with van der Waals surface area (Å²) in [4.78, 5) is 38.4. The summed E-state index contributed by atoms with van der Waals surface area (Å²) in [6.07, 6.45) is 87.1. The highest BCUT2D eigenvalue weighted by atomic mass is 16.6. The molecule has 0 radical (unpaired) electrons. The van der Waals surface area contributed by atoms with Gasteiger partial charge in [-0.2, -0.15) is 0 Å². The van der Waals surface area contributed by atoms with Gasteiger partial charge in [0.25, 0.3) is 0 Å². The predicted octanol–water partition coefficient (Wildman–Crippen LogP) is 24.5. The van der Waals surface area contributed by atoms with Crippen molar-refractivity contribution in [2.24, 2.45) is 0 Å². The molecule has 0 N–H and O–H groups in total. The number of esters is 3. The number of unbranched alkanes of at least 4 members (excludes halogenated alkanes) is 47. The van der Waals surface area contributed by atoms with Gasteiger partial charge in [-0.1, -0.05) is 358 Å². The molecule has 0 aliphatic rings. The maximum absolute atomic E-state index is 12.9. The fraction of sp³-hybridized carbons (Fsp3) is 0.851. The molecule has 0 aromatic heterocycles. The molecule has 0 fully saturated rings. The molecule has 0 amide bonds. The minimum Gasteiger partial charge on any atom is -0.462 e. The summed E-state index contributed by atoms with van der Waals surface area (Å²) in [6, 6.07) is 0. The van der Waals surface area contributed by atoms with Gasteiger partial charge in [-0.15, -0.1) is 0 Å². The first kappa shape index (κ1) is 77.4. The van der Waals surface area contributed by atoms with Gasteiger partial charge in [0.05, 0.1) is 0 Å². The van der Waals surface area contributed by atoms with E-state index in [2.05, 4.69) is 69.4 Å². The van der Waals surface area contributed by atoms with E-state index in [1.807, 2.05) is 0 Å². The number of carbonyl (C=O) groups excluding carboxylic acids is 3. The summed E-state index contributed by atoms with van der Waals surface area (Å²) in [6.45, 7) is 6.61. The highest BCUT2D eigenvalue weighted by molar-refractivity contribution is 5.71. The molecule has 0 bridgehead atoms. The summed E-state index contributed by atoms with van der Waals surface area (Å²) >= 11 is 0. The van der Waals surface area contributed by atoms with E-state index in [-0.39, 0.29) is 31.1 Å². The van der Waals surface area contributed by atoms with E-state index in [9.17, 15) is 14.4 Å². The maximum atomic E-state index is 12.9. The maximum Gasteiger partial charge on any atom is 0.306 e. The quantitative estimate of drug-likeness (QED) is 0.0261. The summed E-state index contributed by atoms with van der Waals surface area (Å²) in [5.41, 5.74) is 0. The molecule has 0 aliphatic carbocycles. The van der Waals surface area contributed by atoms with E-state index in [0.717, 1.165) is 83.5 Å². The van der Waals surface area contributed by atoms with Gasteiger partial charge < -0.3 is 14.2 Å². The van der Waals surface area contributed by atoms with Crippen LogP contribution in [0.25, 0.3) is 0 Å². The molecule has 1 unspecified atom stereocenters. The van der Waals surface area contributed by atoms with Crippen molar-refractivity contribution in [1.82, 2.24) is 0 Å². The Bertz CT molecular complexity index is 1380. The van der Waals surface area contributed by atoms with Crippen LogP contribution in [0.4, 0.5) is 0 Å². The second-order valence-corrected chi connectivity index (χ2v) is 24.1. The van der Waals surface area contributed by atoms with Gasteiger partial charge in [0.15, 0.2) is 6.10 Å². The molecule has 6 nitrogen and oxygen atoms in total. The minimum absolute atomic E-state index is 0.0652. The van der Waals surface area contributed by atoms with Crippen LogP contribution in [-0.4, -0.2) is 37.2 Å². The normalized spacial score (nSPS) is 12.3. The number of rotatable bonds is 66. The fourth-order valence-corrected chi connectivity index (χ4v) is 10.8. The zero-order valence-electron chi connectivity index (χ0n) is 53.9. The van der Waals surface area contributed by atoms with Crippen LogP contribution in [0.15, 0.2) is 48.6 Å². The Balaban J connectivity index is 4.20. The third kappa shape index (κ3) is 66.2. The third-order valence-electron chi connectivity index (χ3n) is 16.1. The highest BCUT2D eigenvalue weighted by Crippen LogP contribution is 2.19. The SMILES string of the molecule is CC/C=C\C/C=C\C/C=C\C/C=C\CCCCCCCCCCCCCCCCCCC(=O)OCC(COC(=O)CCCCCCCCCCCCCCCC)OC(=O)CCCCCCCCCCCCCCCCCCCCC. The topological polar surface area (TPSA) is 78.9 Å². The van der Waals surface area contributed by atoms with Crippen molar-refractivity contribution < 1.29 is 28.6 Å². The molecule has 0 rings (SSSR count). The first-order valence-electron chi connectivity index (χ1n) is 35.6. The van der Waals surface area contributed by atoms with Gasteiger partial charge in [0, 0.05) is 19.3 Å². The molecule has 0 aromatic rings. The van der Waals surface area contributed by atoms with Crippen molar-refractivity contribution in [3.63, 3.8) is 0 Å². The van der Waals surface area contributed by atoms with Crippen molar-refractivity contribution in [2.45, 2.75) is 393 Å². The van der Waals surface area contributed by atoms with E-state index < -0.39 is 6.10 Å². The van der Waals surface area contributed by atoms with E-state index in [1.54, 1.807) is 0 Å². The molecule has 6 heteroatoms. The molecule has 0 aromatic carbocycles. The zero-order valence-corrected chi connectivity index (χ0v) is 53.9. The van der Waals surface area contributed by atoms with Crippen LogP contribution in [0.3, 0.4) is 0 Å². The molecule has 1 atom stereocenters. The Kier molecular flexibility index (Phi) is 66.6. The second-order valence-electron chi connectivity index (χ2n) is 24.1. The lowest BCUT2D eigenvalue weighted by atomic mass is 10.0. The van der Waals surface area contributed by atoms with Crippen LogP contribution in [0.1, 0.15) is 387 Å². The first-order valence-corrected chi connectivity index (χ1v) is 35.6. The molecule has 80 heavy (non-hydrogen) atoms. The van der Waals surface area contributed by atoms with Crippen LogP contribution in [-0.2, 0) is 28.6 Å². The Morgan fingerprint density at radius 2 is 0.487 bits per heavy atom. The molecule has 0 spiro atoms. The number of allylic oxidation sites excluding steroid dienone is 8. The standard InChI is InChI=1S/C74H136O6/c1-4-7-10-13-16-19-22-25-28-30-32-33-34-35-36-37-38-39-40-41-43-44-46-49-52-55-58-61-64-67-73(76)79-70-71(69-78-72(75)66-63-60-57-54-51-48-27-24-21-18-15-12-9-6-3)80-74(77)68-65-62-59-56-53-50-47-45-42-31-29-26-23-20-17-14-11-8-5-2/h7,10,16,19,25,28,32-33,71H,4-6,8-9,11-15,17-18,20-24,26-27,29-31,34-70H2,1-3H3/b10-7-,19-16-,28-25-,33-32-. The molecule has 468 valence electrons. The Labute approximate surface area is 498 Å². The van der Waals surface area contributed by atoms with E-state index >= 15 is 0 Å². The first-order chi connectivity index (χ1) is 39.5. The van der Waals surface area contributed by atoms with Crippen LogP contribution in [0, 0.1) is 0 Å². The minimum atomic E-state index is -0.769. The molecular formula is C74H136O6. The molecular weight excluding hydrogens is 985 g/mol. The average molecular weight is 1120 g/mol. The summed E-state index contributed by atoms with van der Waals surface area (Å²) in [7, 11) is 0. The van der Waals surface area contributed by atoms with Gasteiger partial charge >= 0.3 is 17.9 Å². The van der Waals surface area contributed by atoms with Crippen molar-refractivity contribution in [2.75, 3.05) is 13.2 Å². The smallest absolute Gasteiger partial charge is 0.306 e. The second kappa shape index (κ2) is 68.9. The lowest BCUT2D eigenvalue weighted by molar-refractivity contribution is -0.167. The van der Waals surface area contributed by atoms with Gasteiger partial charge in [-0.05, 0) is 57.8 Å². The molecule has 0 aliphatic heterocycles. The molecule has 0 saturated heterocycles. The zero-order chi connectivity index (χ0) is 57.8. The fourth-order valence-electron chi connectivity index (χ4n) is 10.8. The van der Waals surface area contributed by atoms with Gasteiger partial charge in [-0.25, -0.2) is 0 Å². The highest BCUT2D eigenvalue weighted by Gasteiger charge is 2.19.